The van der Waals surface area contributed by atoms with Crippen molar-refractivity contribution in [1.29, 1.82) is 0 Å². The van der Waals surface area contributed by atoms with Gasteiger partial charge in [-0.25, -0.2) is 0 Å². The van der Waals surface area contributed by atoms with Gasteiger partial charge in [-0.2, -0.15) is 5.10 Å². The SMILES string of the molecule is Cc1cccnc1Cn1cc(B2OC(C)(C)C(C)(C)O2)cn1. The highest BCUT2D eigenvalue weighted by Gasteiger charge is 2.52. The van der Waals surface area contributed by atoms with Gasteiger partial charge in [0.05, 0.1) is 23.4 Å². The third kappa shape index (κ3) is 2.68. The number of aryl methyl sites for hydroxylation is 1. The van der Waals surface area contributed by atoms with Crippen molar-refractivity contribution < 1.29 is 9.31 Å². The van der Waals surface area contributed by atoms with Gasteiger partial charge in [-0.3, -0.25) is 9.67 Å². The zero-order chi connectivity index (χ0) is 16.0. The first-order valence-corrected chi connectivity index (χ1v) is 7.57. The lowest BCUT2D eigenvalue weighted by molar-refractivity contribution is 0.00578. The molecule has 1 aliphatic heterocycles. The van der Waals surface area contributed by atoms with Gasteiger partial charge in [0.15, 0.2) is 0 Å². The summed E-state index contributed by atoms with van der Waals surface area (Å²) in [5.41, 5.74) is 2.45. The molecular formula is C16H22BN3O2. The summed E-state index contributed by atoms with van der Waals surface area (Å²) >= 11 is 0. The molecule has 0 atom stereocenters. The van der Waals surface area contributed by atoms with E-state index >= 15 is 0 Å². The average molecular weight is 299 g/mol. The Labute approximate surface area is 131 Å². The van der Waals surface area contributed by atoms with E-state index in [1.165, 1.54) is 0 Å². The van der Waals surface area contributed by atoms with Gasteiger partial charge in [0.2, 0.25) is 0 Å². The quantitative estimate of drug-likeness (QED) is 0.813. The Bertz CT molecular complexity index is 666. The summed E-state index contributed by atoms with van der Waals surface area (Å²) in [6, 6.07) is 4.00. The van der Waals surface area contributed by atoms with Crippen LogP contribution in [0.15, 0.2) is 30.7 Å². The lowest BCUT2D eigenvalue weighted by atomic mass is 9.82. The van der Waals surface area contributed by atoms with Crippen LogP contribution in [0.5, 0.6) is 0 Å². The first kappa shape index (κ1) is 15.2. The normalized spacial score (nSPS) is 19.6. The monoisotopic (exact) mass is 299 g/mol. The van der Waals surface area contributed by atoms with Crippen LogP contribution >= 0.6 is 0 Å². The minimum atomic E-state index is -0.372. The van der Waals surface area contributed by atoms with Crippen LogP contribution in [0.2, 0.25) is 0 Å². The predicted octanol–water partition coefficient (Wildman–Crippen LogP) is 1.93. The molecular weight excluding hydrogens is 277 g/mol. The van der Waals surface area contributed by atoms with Gasteiger partial charge in [0.1, 0.15) is 0 Å². The molecule has 0 unspecified atom stereocenters. The van der Waals surface area contributed by atoms with Crippen LogP contribution in [0, 0.1) is 6.92 Å². The molecule has 2 aromatic heterocycles. The van der Waals surface area contributed by atoms with Crippen LogP contribution < -0.4 is 5.46 Å². The highest BCUT2D eigenvalue weighted by atomic mass is 16.7. The van der Waals surface area contributed by atoms with E-state index in [1.807, 2.05) is 16.9 Å². The van der Waals surface area contributed by atoms with Gasteiger partial charge >= 0.3 is 7.12 Å². The summed E-state index contributed by atoms with van der Waals surface area (Å²) in [5.74, 6) is 0. The fourth-order valence-electron chi connectivity index (χ4n) is 2.40. The second-order valence-electron chi connectivity index (χ2n) is 6.83. The standard InChI is InChI=1S/C16H22BN3O2/c1-12-7-6-8-18-14(12)11-20-10-13(9-19-20)17-21-15(2,3)16(4,5)22-17/h6-10H,11H2,1-5H3. The van der Waals surface area contributed by atoms with Crippen molar-refractivity contribution in [3.8, 4) is 0 Å². The Morgan fingerprint density at radius 1 is 1.18 bits per heavy atom. The molecule has 0 bridgehead atoms. The number of aromatic nitrogens is 3. The van der Waals surface area contributed by atoms with Gasteiger partial charge in [-0.1, -0.05) is 6.07 Å². The molecule has 0 spiro atoms. The van der Waals surface area contributed by atoms with Crippen molar-refractivity contribution in [3.05, 3.63) is 42.0 Å². The fraction of sp³-hybridized carbons (Fsp3) is 0.500. The summed E-state index contributed by atoms with van der Waals surface area (Å²) in [4.78, 5) is 4.40. The topological polar surface area (TPSA) is 49.2 Å². The highest BCUT2D eigenvalue weighted by Crippen LogP contribution is 2.36. The number of hydrogen-bond acceptors (Lipinski definition) is 4. The van der Waals surface area contributed by atoms with Crippen molar-refractivity contribution >= 4 is 12.6 Å². The van der Waals surface area contributed by atoms with E-state index < -0.39 is 0 Å². The largest absolute Gasteiger partial charge is 0.498 e. The summed E-state index contributed by atoms with van der Waals surface area (Å²) < 4.78 is 14.0. The molecule has 116 valence electrons. The van der Waals surface area contributed by atoms with Crippen LogP contribution in [-0.2, 0) is 15.9 Å². The molecule has 0 aromatic carbocycles. The summed E-state index contributed by atoms with van der Waals surface area (Å²) in [7, 11) is -0.372. The first-order chi connectivity index (χ1) is 10.3. The summed E-state index contributed by atoms with van der Waals surface area (Å²) in [6.45, 7) is 10.9. The number of pyridine rings is 1. The molecule has 2 aromatic rings. The van der Waals surface area contributed by atoms with E-state index in [0.717, 1.165) is 16.7 Å². The van der Waals surface area contributed by atoms with Crippen molar-refractivity contribution in [2.75, 3.05) is 0 Å². The van der Waals surface area contributed by atoms with Crippen LogP contribution in [-0.4, -0.2) is 33.1 Å². The lowest BCUT2D eigenvalue weighted by Crippen LogP contribution is -2.41. The third-order valence-corrected chi connectivity index (χ3v) is 4.61. The molecule has 1 aliphatic rings. The van der Waals surface area contributed by atoms with E-state index in [0.29, 0.717) is 6.54 Å². The lowest BCUT2D eigenvalue weighted by Gasteiger charge is -2.32. The zero-order valence-electron chi connectivity index (χ0n) is 13.8. The molecule has 3 heterocycles. The molecule has 0 radical (unpaired) electrons. The predicted molar refractivity (Wildman–Crippen MR) is 86.0 cm³/mol. The summed E-state index contributed by atoms with van der Waals surface area (Å²) in [5, 5.41) is 4.41. The fourth-order valence-corrected chi connectivity index (χ4v) is 2.40. The Hall–Kier alpha value is -1.66. The van der Waals surface area contributed by atoms with Crippen molar-refractivity contribution in [2.45, 2.75) is 52.4 Å². The van der Waals surface area contributed by atoms with Crippen LogP contribution in [0.4, 0.5) is 0 Å². The van der Waals surface area contributed by atoms with E-state index in [4.69, 9.17) is 9.31 Å². The minimum Gasteiger partial charge on any atom is -0.399 e. The van der Waals surface area contributed by atoms with E-state index in [9.17, 15) is 0 Å². The van der Waals surface area contributed by atoms with Gasteiger partial charge in [0.25, 0.3) is 0 Å². The second kappa shape index (κ2) is 5.21. The highest BCUT2D eigenvalue weighted by molar-refractivity contribution is 6.61. The van der Waals surface area contributed by atoms with E-state index in [1.54, 1.807) is 12.4 Å². The van der Waals surface area contributed by atoms with Gasteiger partial charge in [0, 0.05) is 24.1 Å². The van der Waals surface area contributed by atoms with E-state index in [2.05, 4.69) is 50.8 Å². The number of hydrogen-bond donors (Lipinski definition) is 0. The molecule has 0 amide bonds. The van der Waals surface area contributed by atoms with Gasteiger partial charge < -0.3 is 9.31 Å². The molecule has 1 fully saturated rings. The smallest absolute Gasteiger partial charge is 0.399 e. The molecule has 0 aliphatic carbocycles. The average Bonchev–Trinajstić information content (AvgIpc) is 2.96. The van der Waals surface area contributed by atoms with Gasteiger partial charge in [-0.15, -0.1) is 0 Å². The second-order valence-corrected chi connectivity index (χ2v) is 6.83. The van der Waals surface area contributed by atoms with Crippen molar-refractivity contribution in [1.82, 2.24) is 14.8 Å². The molecule has 22 heavy (non-hydrogen) atoms. The Kier molecular flexibility index (Phi) is 3.61. The number of nitrogens with zero attached hydrogens (tertiary/aromatic N) is 3. The zero-order valence-corrected chi connectivity index (χ0v) is 13.8. The molecule has 3 rings (SSSR count). The minimum absolute atomic E-state index is 0.336. The first-order valence-electron chi connectivity index (χ1n) is 7.57. The van der Waals surface area contributed by atoms with Crippen molar-refractivity contribution in [2.24, 2.45) is 0 Å². The molecule has 5 nitrogen and oxygen atoms in total. The van der Waals surface area contributed by atoms with Gasteiger partial charge in [-0.05, 0) is 46.2 Å². The van der Waals surface area contributed by atoms with Crippen LogP contribution in [0.25, 0.3) is 0 Å². The molecule has 0 N–H and O–H groups in total. The van der Waals surface area contributed by atoms with E-state index in [-0.39, 0.29) is 18.3 Å². The molecule has 6 heteroatoms. The van der Waals surface area contributed by atoms with Crippen LogP contribution in [0.1, 0.15) is 39.0 Å². The van der Waals surface area contributed by atoms with Crippen LogP contribution in [0.3, 0.4) is 0 Å². The Morgan fingerprint density at radius 2 is 1.86 bits per heavy atom. The maximum atomic E-state index is 6.05. The molecule has 0 saturated carbocycles. The maximum absolute atomic E-state index is 6.05. The third-order valence-electron chi connectivity index (χ3n) is 4.61. The summed E-state index contributed by atoms with van der Waals surface area (Å²) in [6.07, 6.45) is 5.58. The molecule has 1 saturated heterocycles. The Balaban J connectivity index is 1.77. The maximum Gasteiger partial charge on any atom is 0.498 e. The Morgan fingerprint density at radius 3 is 2.50 bits per heavy atom. The number of rotatable bonds is 3. The van der Waals surface area contributed by atoms with Crippen molar-refractivity contribution in [3.63, 3.8) is 0 Å².